The predicted molar refractivity (Wildman–Crippen MR) is 93.5 cm³/mol. The third kappa shape index (κ3) is 4.81. The molecule has 1 saturated carbocycles. The number of hydrogen-bond donors (Lipinski definition) is 1. The van der Waals surface area contributed by atoms with Gasteiger partial charge in [-0.3, -0.25) is 4.79 Å². The van der Waals surface area contributed by atoms with Gasteiger partial charge in [0, 0.05) is 6.61 Å². The average molecular weight is 331 g/mol. The van der Waals surface area contributed by atoms with Gasteiger partial charge in [-0.15, -0.1) is 0 Å². The molecule has 2 N–H and O–H groups in total. The molecule has 1 aromatic rings. The Morgan fingerprint density at radius 2 is 1.92 bits per heavy atom. The van der Waals surface area contributed by atoms with Gasteiger partial charge in [0.25, 0.3) is 0 Å². The van der Waals surface area contributed by atoms with Crippen molar-refractivity contribution in [1.29, 1.82) is 0 Å². The second-order valence-electron chi connectivity index (χ2n) is 7.37. The highest BCUT2D eigenvalue weighted by molar-refractivity contribution is 5.75. The summed E-state index contributed by atoms with van der Waals surface area (Å²) in [5, 5.41) is 0. The van der Waals surface area contributed by atoms with E-state index in [4.69, 9.17) is 15.2 Å². The van der Waals surface area contributed by atoms with Crippen LogP contribution in [-0.2, 0) is 20.7 Å². The molecule has 2 aliphatic rings. The van der Waals surface area contributed by atoms with Crippen molar-refractivity contribution in [2.45, 2.75) is 63.7 Å². The Balaban J connectivity index is 1.74. The van der Waals surface area contributed by atoms with Crippen molar-refractivity contribution >= 4 is 5.97 Å². The topological polar surface area (TPSA) is 61.5 Å². The fraction of sp³-hybridized carbons (Fsp3) is 0.650. The molecule has 1 heterocycles. The molecule has 132 valence electrons. The van der Waals surface area contributed by atoms with Crippen molar-refractivity contribution in [2.24, 2.45) is 17.6 Å². The number of nitrogens with two attached hydrogens (primary N) is 1. The summed E-state index contributed by atoms with van der Waals surface area (Å²) in [4.78, 5) is 12.1. The number of carbonyl (C=O) groups is 1. The van der Waals surface area contributed by atoms with Crippen molar-refractivity contribution in [3.8, 4) is 0 Å². The van der Waals surface area contributed by atoms with E-state index in [1.807, 2.05) is 13.0 Å². The van der Waals surface area contributed by atoms with Crippen LogP contribution >= 0.6 is 0 Å². The normalized spacial score (nSPS) is 31.7. The standard InChI is InChI=1S/C20H29NO3/c1-14-19(23-13-16-10-11-16)17(12-15-6-3-2-4-7-15)8-5-9-18(21)20(22)24-14/h2-4,6-7,14,16-19H,5,8-13,21H2,1H3/t14-,17+,18-,19-/m0/s1. The number of carbonyl (C=O) groups excluding carboxylic acids is 1. The van der Waals surface area contributed by atoms with Gasteiger partial charge >= 0.3 is 5.97 Å². The Morgan fingerprint density at radius 1 is 1.17 bits per heavy atom. The lowest BCUT2D eigenvalue weighted by Crippen LogP contribution is -2.41. The zero-order chi connectivity index (χ0) is 16.9. The lowest BCUT2D eigenvalue weighted by Gasteiger charge is -2.31. The van der Waals surface area contributed by atoms with Gasteiger partial charge in [-0.25, -0.2) is 0 Å². The third-order valence-electron chi connectivity index (χ3n) is 5.18. The summed E-state index contributed by atoms with van der Waals surface area (Å²) in [5.41, 5.74) is 7.25. The summed E-state index contributed by atoms with van der Waals surface area (Å²) in [6, 6.07) is 10.00. The molecule has 4 atom stereocenters. The van der Waals surface area contributed by atoms with Crippen LogP contribution in [0.15, 0.2) is 30.3 Å². The SMILES string of the molecule is C[C@@H]1OC(=O)[C@@H](N)CCC[C@H](Cc2ccccc2)[C@H]1OCC1CC1. The third-order valence-corrected chi connectivity index (χ3v) is 5.18. The Morgan fingerprint density at radius 3 is 2.62 bits per heavy atom. The maximum Gasteiger partial charge on any atom is 0.323 e. The van der Waals surface area contributed by atoms with Gasteiger partial charge in [-0.1, -0.05) is 36.8 Å². The van der Waals surface area contributed by atoms with Gasteiger partial charge in [0.1, 0.15) is 12.1 Å². The van der Waals surface area contributed by atoms with Crippen LogP contribution in [0.1, 0.15) is 44.6 Å². The van der Waals surface area contributed by atoms with Crippen molar-refractivity contribution < 1.29 is 14.3 Å². The monoisotopic (exact) mass is 331 g/mol. The van der Waals surface area contributed by atoms with E-state index in [9.17, 15) is 4.79 Å². The Bertz CT molecular complexity index is 529. The molecule has 4 heteroatoms. The minimum Gasteiger partial charge on any atom is -0.459 e. The van der Waals surface area contributed by atoms with Crippen LogP contribution in [-0.4, -0.2) is 30.8 Å². The summed E-state index contributed by atoms with van der Waals surface area (Å²) in [7, 11) is 0. The number of ether oxygens (including phenoxy) is 2. The number of hydrogen-bond acceptors (Lipinski definition) is 4. The van der Waals surface area contributed by atoms with E-state index >= 15 is 0 Å². The Kier molecular flexibility index (Phi) is 5.90. The number of cyclic esters (lactones) is 1. The zero-order valence-electron chi connectivity index (χ0n) is 14.5. The van der Waals surface area contributed by atoms with Gasteiger partial charge in [-0.05, 0) is 56.4 Å². The van der Waals surface area contributed by atoms with Crippen molar-refractivity contribution in [3.05, 3.63) is 35.9 Å². The lowest BCUT2D eigenvalue weighted by atomic mass is 9.87. The fourth-order valence-corrected chi connectivity index (χ4v) is 3.54. The number of rotatable bonds is 5. The highest BCUT2D eigenvalue weighted by Crippen LogP contribution is 2.32. The molecule has 1 aliphatic carbocycles. The number of benzene rings is 1. The first kappa shape index (κ1) is 17.4. The molecule has 2 fully saturated rings. The molecular formula is C20H29NO3. The second-order valence-corrected chi connectivity index (χ2v) is 7.37. The predicted octanol–water partition coefficient (Wildman–Crippen LogP) is 3.08. The van der Waals surface area contributed by atoms with E-state index in [1.165, 1.54) is 18.4 Å². The van der Waals surface area contributed by atoms with E-state index < -0.39 is 6.04 Å². The zero-order valence-corrected chi connectivity index (χ0v) is 14.5. The first-order valence-electron chi connectivity index (χ1n) is 9.25. The van der Waals surface area contributed by atoms with Crippen LogP contribution in [0, 0.1) is 11.8 Å². The van der Waals surface area contributed by atoms with Crippen molar-refractivity contribution in [2.75, 3.05) is 6.61 Å². The molecule has 0 amide bonds. The van der Waals surface area contributed by atoms with Crippen molar-refractivity contribution in [3.63, 3.8) is 0 Å². The minimum absolute atomic E-state index is 0.0555. The van der Waals surface area contributed by atoms with Crippen LogP contribution in [0.2, 0.25) is 0 Å². The van der Waals surface area contributed by atoms with Crippen LogP contribution in [0.4, 0.5) is 0 Å². The van der Waals surface area contributed by atoms with Gasteiger partial charge in [0.05, 0.1) is 6.10 Å². The molecule has 0 unspecified atom stereocenters. The van der Waals surface area contributed by atoms with Crippen LogP contribution in [0.25, 0.3) is 0 Å². The van der Waals surface area contributed by atoms with Crippen LogP contribution < -0.4 is 5.73 Å². The molecule has 4 nitrogen and oxygen atoms in total. The van der Waals surface area contributed by atoms with E-state index in [1.54, 1.807) is 0 Å². The summed E-state index contributed by atoms with van der Waals surface area (Å²) in [5.74, 6) is 0.752. The fourth-order valence-electron chi connectivity index (χ4n) is 3.54. The second kappa shape index (κ2) is 8.13. The first-order valence-corrected chi connectivity index (χ1v) is 9.25. The summed E-state index contributed by atoms with van der Waals surface area (Å²) >= 11 is 0. The maximum atomic E-state index is 12.1. The van der Waals surface area contributed by atoms with Gasteiger partial charge in [-0.2, -0.15) is 0 Å². The number of esters is 1. The van der Waals surface area contributed by atoms with Gasteiger partial charge in [0.2, 0.25) is 0 Å². The quantitative estimate of drug-likeness (QED) is 0.842. The van der Waals surface area contributed by atoms with Gasteiger partial charge in [0.15, 0.2) is 0 Å². The van der Waals surface area contributed by atoms with Crippen molar-refractivity contribution in [1.82, 2.24) is 0 Å². The molecule has 0 aromatic heterocycles. The van der Waals surface area contributed by atoms with Crippen LogP contribution in [0.3, 0.4) is 0 Å². The highest BCUT2D eigenvalue weighted by atomic mass is 16.6. The average Bonchev–Trinajstić information content (AvgIpc) is 3.38. The molecule has 1 aliphatic heterocycles. The molecule has 24 heavy (non-hydrogen) atoms. The Labute approximate surface area is 144 Å². The van der Waals surface area contributed by atoms with E-state index in [-0.39, 0.29) is 18.2 Å². The maximum absolute atomic E-state index is 12.1. The lowest BCUT2D eigenvalue weighted by molar-refractivity contribution is -0.160. The molecular weight excluding hydrogens is 302 g/mol. The minimum atomic E-state index is -0.507. The molecule has 3 rings (SSSR count). The van der Waals surface area contributed by atoms with Crippen LogP contribution in [0.5, 0.6) is 0 Å². The summed E-state index contributed by atoms with van der Waals surface area (Å²) < 4.78 is 11.9. The smallest absolute Gasteiger partial charge is 0.323 e. The Hall–Kier alpha value is -1.39. The first-order chi connectivity index (χ1) is 11.6. The van der Waals surface area contributed by atoms with E-state index in [0.29, 0.717) is 18.3 Å². The molecule has 1 saturated heterocycles. The van der Waals surface area contributed by atoms with E-state index in [2.05, 4.69) is 24.3 Å². The molecule has 0 bridgehead atoms. The summed E-state index contributed by atoms with van der Waals surface area (Å²) in [6.45, 7) is 2.73. The van der Waals surface area contributed by atoms with E-state index in [0.717, 1.165) is 25.9 Å². The van der Waals surface area contributed by atoms with Gasteiger partial charge < -0.3 is 15.2 Å². The molecule has 1 aromatic carbocycles. The molecule has 0 spiro atoms. The highest BCUT2D eigenvalue weighted by Gasteiger charge is 2.35. The summed E-state index contributed by atoms with van der Waals surface area (Å²) in [6.07, 6.45) is 5.79. The molecule has 0 radical (unpaired) electrons. The largest absolute Gasteiger partial charge is 0.459 e.